The van der Waals surface area contributed by atoms with E-state index >= 15 is 0 Å². The molecule has 1 saturated carbocycles. The number of aliphatic carboxylic acids is 1. The first-order valence-electron chi connectivity index (χ1n) is 6.00. The third kappa shape index (κ3) is 2.76. The lowest BCUT2D eigenvalue weighted by atomic mass is 9.96. The zero-order chi connectivity index (χ0) is 13.1. The second kappa shape index (κ2) is 5.59. The van der Waals surface area contributed by atoms with Gasteiger partial charge in [-0.15, -0.1) is 0 Å². The van der Waals surface area contributed by atoms with E-state index in [1.165, 1.54) is 6.42 Å². The normalized spacial score (nSPS) is 17.0. The van der Waals surface area contributed by atoms with Crippen molar-refractivity contribution in [2.45, 2.75) is 31.3 Å². The van der Waals surface area contributed by atoms with Crippen LogP contribution in [0.2, 0.25) is 5.02 Å². The maximum absolute atomic E-state index is 11.0. The molecule has 0 bridgehead atoms. The van der Waals surface area contributed by atoms with Crippen molar-refractivity contribution < 1.29 is 14.6 Å². The van der Waals surface area contributed by atoms with Gasteiger partial charge < -0.3 is 15.6 Å². The van der Waals surface area contributed by atoms with Gasteiger partial charge in [0.05, 0.1) is 17.0 Å². The van der Waals surface area contributed by atoms with Crippen molar-refractivity contribution in [2.75, 3.05) is 6.54 Å². The van der Waals surface area contributed by atoms with E-state index in [1.807, 2.05) is 0 Å². The van der Waals surface area contributed by atoms with Gasteiger partial charge in [0.25, 0.3) is 0 Å². The number of hydrogen-bond donors (Lipinski definition) is 2. The summed E-state index contributed by atoms with van der Waals surface area (Å²) in [6, 6.07) is 5.06. The molecule has 0 amide bonds. The Balaban J connectivity index is 2.15. The van der Waals surface area contributed by atoms with Crippen LogP contribution in [0.15, 0.2) is 18.2 Å². The van der Waals surface area contributed by atoms with E-state index in [0.717, 1.165) is 12.8 Å². The Kier molecular flexibility index (Phi) is 4.09. The highest BCUT2D eigenvalue weighted by Crippen LogP contribution is 2.32. The number of carboxylic acid groups (broad SMARTS) is 1. The zero-order valence-corrected chi connectivity index (χ0v) is 10.7. The standard InChI is InChI=1S/C13H16ClNO3/c14-11-6-8(10(7-15)13(16)17)4-5-12(11)18-9-2-1-3-9/h4-6,9-10H,1-3,7,15H2,(H,16,17). The smallest absolute Gasteiger partial charge is 0.312 e. The number of rotatable bonds is 5. The van der Waals surface area contributed by atoms with Gasteiger partial charge in [0.15, 0.2) is 0 Å². The van der Waals surface area contributed by atoms with Gasteiger partial charge in [-0.3, -0.25) is 4.79 Å². The third-order valence-corrected chi connectivity index (χ3v) is 3.53. The number of ether oxygens (including phenoxy) is 1. The van der Waals surface area contributed by atoms with Crippen LogP contribution in [-0.2, 0) is 4.79 Å². The van der Waals surface area contributed by atoms with Crippen molar-refractivity contribution in [3.63, 3.8) is 0 Å². The van der Waals surface area contributed by atoms with Crippen molar-refractivity contribution in [2.24, 2.45) is 5.73 Å². The topological polar surface area (TPSA) is 72.6 Å². The molecule has 98 valence electrons. The van der Waals surface area contributed by atoms with Crippen LogP contribution in [0, 0.1) is 0 Å². The van der Waals surface area contributed by atoms with E-state index in [4.69, 9.17) is 27.2 Å². The molecule has 1 aromatic rings. The fourth-order valence-corrected chi connectivity index (χ4v) is 2.11. The maximum Gasteiger partial charge on any atom is 0.312 e. The first-order chi connectivity index (χ1) is 8.61. The van der Waals surface area contributed by atoms with Gasteiger partial charge in [0.1, 0.15) is 5.75 Å². The molecule has 0 heterocycles. The number of benzene rings is 1. The predicted octanol–water partition coefficient (Wildman–Crippen LogP) is 2.40. The van der Waals surface area contributed by atoms with Crippen molar-refractivity contribution in [3.05, 3.63) is 28.8 Å². The molecule has 1 aromatic carbocycles. The molecule has 18 heavy (non-hydrogen) atoms. The van der Waals surface area contributed by atoms with Gasteiger partial charge in [-0.1, -0.05) is 17.7 Å². The molecule has 2 rings (SSSR count). The highest BCUT2D eigenvalue weighted by Gasteiger charge is 2.22. The Bertz CT molecular complexity index is 446. The van der Waals surface area contributed by atoms with E-state index in [1.54, 1.807) is 18.2 Å². The fourth-order valence-electron chi connectivity index (χ4n) is 1.88. The summed E-state index contributed by atoms with van der Waals surface area (Å²) in [5.41, 5.74) is 6.06. The molecular formula is C13H16ClNO3. The predicted molar refractivity (Wildman–Crippen MR) is 69.2 cm³/mol. The van der Waals surface area contributed by atoms with Gasteiger partial charge in [0.2, 0.25) is 0 Å². The minimum absolute atomic E-state index is 0.0501. The molecule has 0 aromatic heterocycles. The summed E-state index contributed by atoms with van der Waals surface area (Å²) < 4.78 is 5.70. The molecule has 1 unspecified atom stereocenters. The maximum atomic E-state index is 11.0. The highest BCUT2D eigenvalue weighted by atomic mass is 35.5. The van der Waals surface area contributed by atoms with Gasteiger partial charge in [-0.2, -0.15) is 0 Å². The average molecular weight is 270 g/mol. The number of nitrogens with two attached hydrogens (primary N) is 1. The Morgan fingerprint density at radius 3 is 2.72 bits per heavy atom. The first-order valence-corrected chi connectivity index (χ1v) is 6.38. The summed E-state index contributed by atoms with van der Waals surface area (Å²) in [5, 5.41) is 9.47. The number of hydrogen-bond acceptors (Lipinski definition) is 3. The quantitative estimate of drug-likeness (QED) is 0.861. The summed E-state index contributed by atoms with van der Waals surface area (Å²) in [6.45, 7) is 0.0501. The van der Waals surface area contributed by atoms with E-state index in [2.05, 4.69) is 0 Å². The summed E-state index contributed by atoms with van der Waals surface area (Å²) in [5.74, 6) is -1.05. The lowest BCUT2D eigenvalue weighted by molar-refractivity contribution is -0.138. The molecule has 1 aliphatic rings. The van der Waals surface area contributed by atoms with Crippen LogP contribution < -0.4 is 10.5 Å². The molecule has 0 aliphatic heterocycles. The Labute approximate surface area is 111 Å². The molecule has 1 atom stereocenters. The summed E-state index contributed by atoms with van der Waals surface area (Å²) in [6.07, 6.45) is 3.55. The lowest BCUT2D eigenvalue weighted by Gasteiger charge is -2.27. The van der Waals surface area contributed by atoms with E-state index in [-0.39, 0.29) is 12.6 Å². The molecular weight excluding hydrogens is 254 g/mol. The number of halogens is 1. The molecule has 3 N–H and O–H groups in total. The summed E-state index contributed by atoms with van der Waals surface area (Å²) >= 11 is 6.10. The minimum Gasteiger partial charge on any atom is -0.489 e. The second-order valence-corrected chi connectivity index (χ2v) is 4.89. The lowest BCUT2D eigenvalue weighted by Crippen LogP contribution is -2.25. The minimum atomic E-state index is -0.943. The molecule has 0 spiro atoms. The summed E-state index contributed by atoms with van der Waals surface area (Å²) in [7, 11) is 0. The van der Waals surface area contributed by atoms with Crippen LogP contribution in [0.25, 0.3) is 0 Å². The molecule has 1 aliphatic carbocycles. The van der Waals surface area contributed by atoms with Gasteiger partial charge >= 0.3 is 5.97 Å². The van der Waals surface area contributed by atoms with E-state index in [9.17, 15) is 4.79 Å². The monoisotopic (exact) mass is 269 g/mol. The molecule has 0 radical (unpaired) electrons. The van der Waals surface area contributed by atoms with Gasteiger partial charge in [-0.25, -0.2) is 0 Å². The van der Waals surface area contributed by atoms with Crippen LogP contribution in [0.4, 0.5) is 0 Å². The van der Waals surface area contributed by atoms with E-state index < -0.39 is 11.9 Å². The van der Waals surface area contributed by atoms with E-state index in [0.29, 0.717) is 16.3 Å². The number of carboxylic acids is 1. The largest absolute Gasteiger partial charge is 0.489 e. The van der Waals surface area contributed by atoms with Crippen LogP contribution >= 0.6 is 11.6 Å². The molecule has 5 heteroatoms. The van der Waals surface area contributed by atoms with Gasteiger partial charge in [-0.05, 0) is 37.0 Å². The molecule has 0 saturated heterocycles. The molecule has 1 fully saturated rings. The first kappa shape index (κ1) is 13.2. The van der Waals surface area contributed by atoms with Crippen molar-refractivity contribution >= 4 is 17.6 Å². The Morgan fingerprint density at radius 1 is 1.56 bits per heavy atom. The summed E-state index contributed by atoms with van der Waals surface area (Å²) in [4.78, 5) is 11.0. The SMILES string of the molecule is NCC(C(=O)O)c1ccc(OC2CCC2)c(Cl)c1. The van der Waals surface area contributed by atoms with Crippen molar-refractivity contribution in [1.82, 2.24) is 0 Å². The van der Waals surface area contributed by atoms with Gasteiger partial charge in [0, 0.05) is 6.54 Å². The average Bonchev–Trinajstić information content (AvgIpc) is 2.26. The van der Waals surface area contributed by atoms with Crippen LogP contribution in [-0.4, -0.2) is 23.7 Å². The Hall–Kier alpha value is -1.26. The zero-order valence-electron chi connectivity index (χ0n) is 9.93. The van der Waals surface area contributed by atoms with Crippen molar-refractivity contribution in [1.29, 1.82) is 0 Å². The van der Waals surface area contributed by atoms with Crippen LogP contribution in [0.5, 0.6) is 5.75 Å². The van der Waals surface area contributed by atoms with Crippen LogP contribution in [0.3, 0.4) is 0 Å². The Morgan fingerprint density at radius 2 is 2.28 bits per heavy atom. The second-order valence-electron chi connectivity index (χ2n) is 4.49. The number of carbonyl (C=O) groups is 1. The molecule has 4 nitrogen and oxygen atoms in total. The van der Waals surface area contributed by atoms with Crippen LogP contribution in [0.1, 0.15) is 30.7 Å². The fraction of sp³-hybridized carbons (Fsp3) is 0.462. The highest BCUT2D eigenvalue weighted by molar-refractivity contribution is 6.32. The van der Waals surface area contributed by atoms with Crippen molar-refractivity contribution in [3.8, 4) is 5.75 Å². The third-order valence-electron chi connectivity index (χ3n) is 3.24.